The summed E-state index contributed by atoms with van der Waals surface area (Å²) in [5.74, 6) is -1.95. The van der Waals surface area contributed by atoms with E-state index in [0.29, 0.717) is 6.07 Å². The molecule has 1 atom stereocenters. The number of nitrogens with one attached hydrogen (secondary N) is 1. The standard InChI is InChI=1S/C11H14F2N2O2.ClH/c1-17-8(6-14)5-11(16)15-10-3-2-7(12)4-9(10)13;/h2-4,8H,5-6,14H2,1H3,(H,15,16);1H. The molecule has 0 aliphatic rings. The number of ether oxygens (including phenoxy) is 1. The molecule has 0 aliphatic heterocycles. The summed E-state index contributed by atoms with van der Waals surface area (Å²) < 4.78 is 30.7. The zero-order chi connectivity index (χ0) is 12.8. The third kappa shape index (κ3) is 4.95. The Labute approximate surface area is 110 Å². The van der Waals surface area contributed by atoms with E-state index in [2.05, 4.69) is 5.32 Å². The smallest absolute Gasteiger partial charge is 0.227 e. The van der Waals surface area contributed by atoms with Crippen molar-refractivity contribution in [2.24, 2.45) is 5.73 Å². The normalized spacial score (nSPS) is 11.6. The maximum atomic E-state index is 13.2. The SMILES string of the molecule is COC(CN)CC(=O)Nc1ccc(F)cc1F.Cl. The van der Waals surface area contributed by atoms with Gasteiger partial charge in [0.25, 0.3) is 0 Å². The van der Waals surface area contributed by atoms with E-state index in [9.17, 15) is 13.6 Å². The van der Waals surface area contributed by atoms with Crippen molar-refractivity contribution < 1.29 is 18.3 Å². The van der Waals surface area contributed by atoms with Gasteiger partial charge in [-0.05, 0) is 12.1 Å². The second kappa shape index (κ2) is 7.97. The lowest BCUT2D eigenvalue weighted by atomic mass is 10.2. The maximum absolute atomic E-state index is 13.2. The largest absolute Gasteiger partial charge is 0.380 e. The minimum absolute atomic E-state index is 0. The van der Waals surface area contributed by atoms with Crippen molar-refractivity contribution in [3.63, 3.8) is 0 Å². The van der Waals surface area contributed by atoms with Crippen molar-refractivity contribution >= 4 is 24.0 Å². The first kappa shape index (κ1) is 16.8. The van der Waals surface area contributed by atoms with Crippen molar-refractivity contribution in [3.05, 3.63) is 29.8 Å². The minimum atomic E-state index is -0.819. The van der Waals surface area contributed by atoms with Crippen LogP contribution in [-0.4, -0.2) is 25.7 Å². The van der Waals surface area contributed by atoms with Gasteiger partial charge in [-0.2, -0.15) is 0 Å². The van der Waals surface area contributed by atoms with Crippen molar-refractivity contribution in [1.82, 2.24) is 0 Å². The summed E-state index contributed by atoms with van der Waals surface area (Å²) in [6.07, 6.45) is -0.400. The highest BCUT2D eigenvalue weighted by molar-refractivity contribution is 5.91. The molecule has 0 radical (unpaired) electrons. The molecule has 0 saturated heterocycles. The highest BCUT2D eigenvalue weighted by Crippen LogP contribution is 2.15. The Morgan fingerprint density at radius 3 is 2.67 bits per heavy atom. The van der Waals surface area contributed by atoms with Gasteiger partial charge in [0.05, 0.1) is 18.2 Å². The fraction of sp³-hybridized carbons (Fsp3) is 0.364. The van der Waals surface area contributed by atoms with Gasteiger partial charge in [-0.25, -0.2) is 8.78 Å². The molecule has 1 aromatic rings. The maximum Gasteiger partial charge on any atom is 0.227 e. The number of hydrogen-bond donors (Lipinski definition) is 2. The van der Waals surface area contributed by atoms with Crippen LogP contribution in [0.25, 0.3) is 0 Å². The summed E-state index contributed by atoms with van der Waals surface area (Å²) in [7, 11) is 1.43. The summed E-state index contributed by atoms with van der Waals surface area (Å²) in [5, 5.41) is 2.32. The van der Waals surface area contributed by atoms with Crippen LogP contribution < -0.4 is 11.1 Å². The molecule has 4 nitrogen and oxygen atoms in total. The van der Waals surface area contributed by atoms with E-state index in [1.807, 2.05) is 0 Å². The number of nitrogens with two attached hydrogens (primary N) is 1. The second-order valence-corrected chi connectivity index (χ2v) is 3.47. The molecule has 0 saturated carbocycles. The topological polar surface area (TPSA) is 64.3 Å². The lowest BCUT2D eigenvalue weighted by Gasteiger charge is -2.12. The first-order valence-electron chi connectivity index (χ1n) is 5.04. The molecule has 0 aromatic heterocycles. The van der Waals surface area contributed by atoms with Gasteiger partial charge in [-0.15, -0.1) is 12.4 Å². The highest BCUT2D eigenvalue weighted by Gasteiger charge is 2.13. The minimum Gasteiger partial charge on any atom is -0.380 e. The van der Waals surface area contributed by atoms with E-state index >= 15 is 0 Å². The molecule has 0 fully saturated rings. The van der Waals surface area contributed by atoms with Gasteiger partial charge < -0.3 is 15.8 Å². The van der Waals surface area contributed by atoms with Gasteiger partial charge in [0.2, 0.25) is 5.91 Å². The summed E-state index contributed by atoms with van der Waals surface area (Å²) in [5.41, 5.74) is 5.28. The first-order valence-corrected chi connectivity index (χ1v) is 5.04. The second-order valence-electron chi connectivity index (χ2n) is 3.47. The van der Waals surface area contributed by atoms with Crippen LogP contribution in [0.5, 0.6) is 0 Å². The van der Waals surface area contributed by atoms with Crippen molar-refractivity contribution in [1.29, 1.82) is 0 Å². The Hall–Kier alpha value is -1.24. The molecule has 0 aliphatic carbocycles. The highest BCUT2D eigenvalue weighted by atomic mass is 35.5. The Morgan fingerprint density at radius 1 is 1.50 bits per heavy atom. The molecule has 1 unspecified atom stereocenters. The fourth-order valence-electron chi connectivity index (χ4n) is 1.26. The third-order valence-electron chi connectivity index (χ3n) is 2.21. The Balaban J connectivity index is 0.00000289. The number of methoxy groups -OCH3 is 1. The number of rotatable bonds is 5. The average molecular weight is 281 g/mol. The molecule has 1 aromatic carbocycles. The molecule has 102 valence electrons. The molecule has 0 bridgehead atoms. The lowest BCUT2D eigenvalue weighted by Crippen LogP contribution is -2.28. The predicted octanol–water partition coefficient (Wildman–Crippen LogP) is 1.69. The lowest BCUT2D eigenvalue weighted by molar-refractivity contribution is -0.118. The molecule has 1 amide bonds. The zero-order valence-corrected chi connectivity index (χ0v) is 10.6. The molecular formula is C11H15ClF2N2O2. The van der Waals surface area contributed by atoms with Crippen LogP contribution in [0.2, 0.25) is 0 Å². The number of halogens is 3. The fourth-order valence-corrected chi connectivity index (χ4v) is 1.26. The number of carbonyl (C=O) groups is 1. The molecular weight excluding hydrogens is 266 g/mol. The van der Waals surface area contributed by atoms with Crippen molar-refractivity contribution in [3.8, 4) is 0 Å². The van der Waals surface area contributed by atoms with Crippen LogP contribution in [0.3, 0.4) is 0 Å². The van der Waals surface area contributed by atoms with Crippen LogP contribution >= 0.6 is 12.4 Å². The Morgan fingerprint density at radius 2 is 2.17 bits per heavy atom. The van der Waals surface area contributed by atoms with E-state index < -0.39 is 23.6 Å². The monoisotopic (exact) mass is 280 g/mol. The summed E-state index contributed by atoms with van der Waals surface area (Å²) in [4.78, 5) is 11.5. The summed E-state index contributed by atoms with van der Waals surface area (Å²) >= 11 is 0. The van der Waals surface area contributed by atoms with E-state index in [4.69, 9.17) is 10.5 Å². The molecule has 0 heterocycles. The average Bonchev–Trinajstić information content (AvgIpc) is 2.29. The van der Waals surface area contributed by atoms with Crippen LogP contribution in [0.1, 0.15) is 6.42 Å². The van der Waals surface area contributed by atoms with Crippen molar-refractivity contribution in [2.75, 3.05) is 19.0 Å². The van der Waals surface area contributed by atoms with Gasteiger partial charge >= 0.3 is 0 Å². The van der Waals surface area contributed by atoms with E-state index in [1.165, 1.54) is 7.11 Å². The van der Waals surface area contributed by atoms with Gasteiger partial charge in [0.1, 0.15) is 11.6 Å². The van der Waals surface area contributed by atoms with Gasteiger partial charge in [-0.3, -0.25) is 4.79 Å². The quantitative estimate of drug-likeness (QED) is 0.863. The van der Waals surface area contributed by atoms with Gasteiger partial charge in [0, 0.05) is 19.7 Å². The van der Waals surface area contributed by atoms with Crippen LogP contribution in [0.4, 0.5) is 14.5 Å². The summed E-state index contributed by atoms with van der Waals surface area (Å²) in [6, 6.07) is 2.93. The molecule has 1 rings (SSSR count). The van der Waals surface area contributed by atoms with Gasteiger partial charge in [-0.1, -0.05) is 0 Å². The molecule has 0 spiro atoms. The first-order chi connectivity index (χ1) is 8.06. The van der Waals surface area contributed by atoms with E-state index in [1.54, 1.807) is 0 Å². The molecule has 7 heteroatoms. The molecule has 3 N–H and O–H groups in total. The van der Waals surface area contributed by atoms with Crippen LogP contribution in [-0.2, 0) is 9.53 Å². The zero-order valence-electron chi connectivity index (χ0n) is 9.78. The number of amides is 1. The summed E-state index contributed by atoms with van der Waals surface area (Å²) in [6.45, 7) is 0.190. The predicted molar refractivity (Wildman–Crippen MR) is 66.7 cm³/mol. The number of benzene rings is 1. The van der Waals surface area contributed by atoms with Crippen LogP contribution in [0, 0.1) is 11.6 Å². The molecule has 18 heavy (non-hydrogen) atoms. The van der Waals surface area contributed by atoms with Crippen molar-refractivity contribution in [2.45, 2.75) is 12.5 Å². The Bertz CT molecular complexity index is 401. The Kier molecular flexibility index (Phi) is 7.42. The number of anilines is 1. The van der Waals surface area contributed by atoms with E-state index in [0.717, 1.165) is 12.1 Å². The van der Waals surface area contributed by atoms with Gasteiger partial charge in [0.15, 0.2) is 0 Å². The third-order valence-corrected chi connectivity index (χ3v) is 2.21. The number of hydrogen-bond acceptors (Lipinski definition) is 3. The number of carbonyl (C=O) groups excluding carboxylic acids is 1. The van der Waals surface area contributed by atoms with Crippen LogP contribution in [0.15, 0.2) is 18.2 Å². The van der Waals surface area contributed by atoms with E-state index in [-0.39, 0.29) is 31.1 Å².